The minimum atomic E-state index is 0.467. The molecule has 0 radical (unpaired) electrons. The van der Waals surface area contributed by atoms with Gasteiger partial charge in [0.05, 0.1) is 18.2 Å². The van der Waals surface area contributed by atoms with Crippen LogP contribution < -0.4 is 4.74 Å². The zero-order valence-electron chi connectivity index (χ0n) is 11.2. The molecule has 4 heteroatoms. The Labute approximate surface area is 122 Å². The van der Waals surface area contributed by atoms with E-state index in [2.05, 4.69) is 9.97 Å². The van der Waals surface area contributed by atoms with Crippen LogP contribution in [0.5, 0.6) is 5.75 Å². The Morgan fingerprint density at radius 3 is 2.60 bits per heavy atom. The Hall–Kier alpha value is -2.13. The predicted octanol–water partition coefficient (Wildman–Crippen LogP) is 4.27. The lowest BCUT2D eigenvalue weighted by atomic mass is 10.1. The molecule has 3 aromatic rings. The molecule has 0 saturated heterocycles. The molecule has 2 aromatic carbocycles. The third-order valence-electron chi connectivity index (χ3n) is 3.24. The van der Waals surface area contributed by atoms with Gasteiger partial charge in [-0.3, -0.25) is 0 Å². The predicted molar refractivity (Wildman–Crippen MR) is 81.3 cm³/mol. The summed E-state index contributed by atoms with van der Waals surface area (Å²) in [6.07, 6.45) is 0. The van der Waals surface area contributed by atoms with Crippen LogP contribution in [0.2, 0.25) is 5.15 Å². The van der Waals surface area contributed by atoms with E-state index in [-0.39, 0.29) is 0 Å². The van der Waals surface area contributed by atoms with E-state index in [0.29, 0.717) is 11.0 Å². The zero-order valence-corrected chi connectivity index (χ0v) is 12.0. The van der Waals surface area contributed by atoms with Crippen molar-refractivity contribution in [3.63, 3.8) is 0 Å². The quantitative estimate of drug-likeness (QED) is 0.659. The van der Waals surface area contributed by atoms with Crippen molar-refractivity contribution in [2.24, 2.45) is 0 Å². The summed E-state index contributed by atoms with van der Waals surface area (Å²) >= 11 is 6.32. The van der Waals surface area contributed by atoms with Gasteiger partial charge in [-0.05, 0) is 30.7 Å². The molecular formula is C16H13ClN2O. The Bertz CT molecular complexity index is 787. The highest BCUT2D eigenvalue weighted by Crippen LogP contribution is 2.31. The number of hydrogen-bond acceptors (Lipinski definition) is 3. The van der Waals surface area contributed by atoms with Crippen LogP contribution in [0.1, 0.15) is 5.56 Å². The fourth-order valence-electron chi connectivity index (χ4n) is 2.25. The largest absolute Gasteiger partial charge is 0.496 e. The van der Waals surface area contributed by atoms with Gasteiger partial charge in [-0.25, -0.2) is 9.97 Å². The van der Waals surface area contributed by atoms with Crippen LogP contribution in [-0.2, 0) is 0 Å². The van der Waals surface area contributed by atoms with Crippen molar-refractivity contribution < 1.29 is 4.74 Å². The van der Waals surface area contributed by atoms with Gasteiger partial charge < -0.3 is 4.74 Å². The molecule has 0 unspecified atom stereocenters. The lowest BCUT2D eigenvalue weighted by molar-refractivity contribution is 0.416. The average Bonchev–Trinajstić information content (AvgIpc) is 2.47. The van der Waals surface area contributed by atoms with Gasteiger partial charge in [0.25, 0.3) is 0 Å². The van der Waals surface area contributed by atoms with Gasteiger partial charge >= 0.3 is 0 Å². The van der Waals surface area contributed by atoms with Crippen LogP contribution >= 0.6 is 11.6 Å². The van der Waals surface area contributed by atoms with E-state index in [4.69, 9.17) is 16.3 Å². The summed E-state index contributed by atoms with van der Waals surface area (Å²) in [6, 6.07) is 13.5. The van der Waals surface area contributed by atoms with E-state index in [1.165, 1.54) is 0 Å². The van der Waals surface area contributed by atoms with Crippen molar-refractivity contribution in [1.29, 1.82) is 0 Å². The van der Waals surface area contributed by atoms with Gasteiger partial charge in [-0.15, -0.1) is 0 Å². The maximum absolute atomic E-state index is 6.32. The summed E-state index contributed by atoms with van der Waals surface area (Å²) in [5.74, 6) is 1.31. The summed E-state index contributed by atoms with van der Waals surface area (Å²) in [5.41, 5.74) is 2.74. The number of fused-ring (bicyclic) bond motifs is 1. The number of methoxy groups -OCH3 is 1. The Balaban J connectivity index is 2.28. The summed E-state index contributed by atoms with van der Waals surface area (Å²) < 4.78 is 5.35. The SMILES string of the molecule is COc1ccccc1-c1nc(Cl)c2c(C)cccc2n1. The molecule has 0 amide bonds. The molecule has 0 saturated carbocycles. The van der Waals surface area contributed by atoms with Crippen LogP contribution in [0.4, 0.5) is 0 Å². The van der Waals surface area contributed by atoms with Crippen molar-refractivity contribution in [2.45, 2.75) is 6.92 Å². The van der Waals surface area contributed by atoms with Gasteiger partial charge in [0, 0.05) is 5.39 Å². The number of hydrogen-bond donors (Lipinski definition) is 0. The first-order chi connectivity index (χ1) is 9.70. The van der Waals surface area contributed by atoms with E-state index in [1.807, 2.05) is 49.4 Å². The number of benzene rings is 2. The lowest BCUT2D eigenvalue weighted by Gasteiger charge is -2.09. The molecule has 0 N–H and O–H groups in total. The molecule has 1 heterocycles. The van der Waals surface area contributed by atoms with E-state index in [1.54, 1.807) is 7.11 Å². The second-order valence-electron chi connectivity index (χ2n) is 4.51. The number of rotatable bonds is 2. The number of halogens is 1. The van der Waals surface area contributed by atoms with Crippen molar-refractivity contribution in [1.82, 2.24) is 9.97 Å². The molecule has 20 heavy (non-hydrogen) atoms. The smallest absolute Gasteiger partial charge is 0.165 e. The molecular weight excluding hydrogens is 272 g/mol. The first-order valence-electron chi connectivity index (χ1n) is 6.27. The number of para-hydroxylation sites is 1. The van der Waals surface area contributed by atoms with E-state index in [0.717, 1.165) is 27.8 Å². The van der Waals surface area contributed by atoms with Crippen LogP contribution in [0.15, 0.2) is 42.5 Å². The first kappa shape index (κ1) is 12.9. The zero-order chi connectivity index (χ0) is 14.1. The molecule has 3 nitrogen and oxygen atoms in total. The molecule has 0 atom stereocenters. The molecule has 0 aliphatic carbocycles. The minimum Gasteiger partial charge on any atom is -0.496 e. The van der Waals surface area contributed by atoms with E-state index >= 15 is 0 Å². The Morgan fingerprint density at radius 1 is 1.00 bits per heavy atom. The van der Waals surface area contributed by atoms with Crippen molar-refractivity contribution in [2.75, 3.05) is 7.11 Å². The molecule has 0 aliphatic rings. The third kappa shape index (κ3) is 2.10. The van der Waals surface area contributed by atoms with Crippen molar-refractivity contribution in [3.05, 3.63) is 53.2 Å². The van der Waals surface area contributed by atoms with Crippen LogP contribution in [0.25, 0.3) is 22.3 Å². The fraction of sp³-hybridized carbons (Fsp3) is 0.125. The van der Waals surface area contributed by atoms with Gasteiger partial charge in [0.15, 0.2) is 5.82 Å². The minimum absolute atomic E-state index is 0.467. The first-order valence-corrected chi connectivity index (χ1v) is 6.65. The van der Waals surface area contributed by atoms with Crippen LogP contribution in [0, 0.1) is 6.92 Å². The number of nitrogens with zero attached hydrogens (tertiary/aromatic N) is 2. The Morgan fingerprint density at radius 2 is 1.80 bits per heavy atom. The fourth-order valence-corrected chi connectivity index (χ4v) is 2.58. The van der Waals surface area contributed by atoms with E-state index in [9.17, 15) is 0 Å². The summed E-state index contributed by atoms with van der Waals surface area (Å²) in [6.45, 7) is 2.00. The molecule has 0 fully saturated rings. The average molecular weight is 285 g/mol. The standard InChI is InChI=1S/C16H13ClN2O/c1-10-6-5-8-12-14(10)15(17)19-16(18-12)11-7-3-4-9-13(11)20-2/h3-9H,1-2H3. The number of ether oxygens (including phenoxy) is 1. The molecule has 0 aliphatic heterocycles. The van der Waals surface area contributed by atoms with Gasteiger partial charge in [0.2, 0.25) is 0 Å². The van der Waals surface area contributed by atoms with Gasteiger partial charge in [-0.1, -0.05) is 35.9 Å². The topological polar surface area (TPSA) is 35.0 Å². The van der Waals surface area contributed by atoms with Gasteiger partial charge in [-0.2, -0.15) is 0 Å². The van der Waals surface area contributed by atoms with Crippen molar-refractivity contribution >= 4 is 22.5 Å². The van der Waals surface area contributed by atoms with Crippen molar-refractivity contribution in [3.8, 4) is 17.1 Å². The highest BCUT2D eigenvalue weighted by Gasteiger charge is 2.12. The van der Waals surface area contributed by atoms with Crippen LogP contribution in [-0.4, -0.2) is 17.1 Å². The number of aryl methyl sites for hydroxylation is 1. The maximum Gasteiger partial charge on any atom is 0.165 e. The molecule has 0 bridgehead atoms. The number of aromatic nitrogens is 2. The molecule has 3 rings (SSSR count). The van der Waals surface area contributed by atoms with Gasteiger partial charge in [0.1, 0.15) is 10.9 Å². The molecule has 100 valence electrons. The monoisotopic (exact) mass is 284 g/mol. The summed E-state index contributed by atoms with van der Waals surface area (Å²) in [7, 11) is 1.63. The third-order valence-corrected chi connectivity index (χ3v) is 3.51. The second kappa shape index (κ2) is 5.10. The lowest BCUT2D eigenvalue weighted by Crippen LogP contribution is -1.95. The van der Waals surface area contributed by atoms with Crippen LogP contribution in [0.3, 0.4) is 0 Å². The highest BCUT2D eigenvalue weighted by atomic mass is 35.5. The Kier molecular flexibility index (Phi) is 3.28. The van der Waals surface area contributed by atoms with E-state index < -0.39 is 0 Å². The molecule has 1 aromatic heterocycles. The molecule has 0 spiro atoms. The normalized spacial score (nSPS) is 10.8. The summed E-state index contributed by atoms with van der Waals surface area (Å²) in [5, 5.41) is 1.36. The highest BCUT2D eigenvalue weighted by molar-refractivity contribution is 6.34. The summed E-state index contributed by atoms with van der Waals surface area (Å²) in [4.78, 5) is 9.02. The second-order valence-corrected chi connectivity index (χ2v) is 4.87. The maximum atomic E-state index is 6.32.